The predicted molar refractivity (Wildman–Crippen MR) is 77.7 cm³/mol. The molecular weight excluding hydrogens is 314 g/mol. The first kappa shape index (κ1) is 14.2. The molecule has 1 aliphatic heterocycles. The van der Waals surface area contributed by atoms with Crippen molar-refractivity contribution >= 4 is 38.6 Å². The summed E-state index contributed by atoms with van der Waals surface area (Å²) in [5.74, 6) is -0.0975. The SMILES string of the molecule is NC(=NO)C1CCCN1S(=O)(=O)c1cccc2nsnc12. The third-order valence-electron chi connectivity index (χ3n) is 3.50. The van der Waals surface area contributed by atoms with Crippen LogP contribution in [-0.4, -0.2) is 45.1 Å². The summed E-state index contributed by atoms with van der Waals surface area (Å²) in [6.45, 7) is 0.331. The van der Waals surface area contributed by atoms with Crippen molar-refractivity contribution < 1.29 is 13.6 Å². The molecule has 0 amide bonds. The van der Waals surface area contributed by atoms with Crippen LogP contribution in [0, 0.1) is 0 Å². The van der Waals surface area contributed by atoms with Crippen LogP contribution in [0.5, 0.6) is 0 Å². The van der Waals surface area contributed by atoms with Crippen LogP contribution in [0.15, 0.2) is 28.3 Å². The van der Waals surface area contributed by atoms with E-state index in [1.165, 1.54) is 10.4 Å². The Morgan fingerprint density at radius 3 is 3.05 bits per heavy atom. The first-order valence-electron chi connectivity index (χ1n) is 6.26. The average molecular weight is 327 g/mol. The molecule has 1 aliphatic rings. The lowest BCUT2D eigenvalue weighted by molar-refractivity contribution is 0.311. The Morgan fingerprint density at radius 1 is 1.48 bits per heavy atom. The van der Waals surface area contributed by atoms with E-state index in [0.717, 1.165) is 11.7 Å². The number of nitrogens with two attached hydrogens (primary N) is 1. The number of hydrogen-bond acceptors (Lipinski definition) is 7. The molecule has 112 valence electrons. The number of nitrogens with zero attached hydrogens (tertiary/aromatic N) is 4. The van der Waals surface area contributed by atoms with Crippen LogP contribution in [0.25, 0.3) is 11.0 Å². The van der Waals surface area contributed by atoms with Crippen LogP contribution >= 0.6 is 11.7 Å². The number of benzene rings is 1. The standard InChI is InChI=1S/C11H13N5O3S2/c12-11(13-17)8-4-2-6-16(8)21(18,19)9-5-1-3-7-10(9)15-20-14-7/h1,3,5,8,17H,2,4,6H2,(H2,12,13). The molecule has 2 heterocycles. The Bertz CT molecular complexity index is 801. The minimum absolute atomic E-state index is 0.0975. The van der Waals surface area contributed by atoms with E-state index < -0.39 is 16.1 Å². The monoisotopic (exact) mass is 327 g/mol. The topological polar surface area (TPSA) is 122 Å². The fourth-order valence-corrected chi connectivity index (χ4v) is 4.93. The molecule has 0 radical (unpaired) electrons. The lowest BCUT2D eigenvalue weighted by atomic mass is 10.2. The fraction of sp³-hybridized carbons (Fsp3) is 0.364. The van der Waals surface area contributed by atoms with Gasteiger partial charge in [-0.2, -0.15) is 13.1 Å². The number of sulfonamides is 1. The highest BCUT2D eigenvalue weighted by molar-refractivity contribution is 7.89. The van der Waals surface area contributed by atoms with Crippen molar-refractivity contribution in [2.24, 2.45) is 10.9 Å². The zero-order chi connectivity index (χ0) is 15.0. The molecule has 1 fully saturated rings. The molecular formula is C11H13N5O3S2. The van der Waals surface area contributed by atoms with Gasteiger partial charge in [0.05, 0.1) is 17.8 Å². The largest absolute Gasteiger partial charge is 0.409 e. The summed E-state index contributed by atoms with van der Waals surface area (Å²) in [4.78, 5) is 0.103. The van der Waals surface area contributed by atoms with Crippen LogP contribution in [0.2, 0.25) is 0 Å². The van der Waals surface area contributed by atoms with Gasteiger partial charge >= 0.3 is 0 Å². The van der Waals surface area contributed by atoms with Crippen molar-refractivity contribution in [2.75, 3.05) is 6.54 Å². The fourth-order valence-electron chi connectivity index (χ4n) is 2.51. The average Bonchev–Trinajstić information content (AvgIpc) is 3.14. The smallest absolute Gasteiger partial charge is 0.246 e. The summed E-state index contributed by atoms with van der Waals surface area (Å²) in [5, 5.41) is 11.8. The third kappa shape index (κ3) is 2.24. The van der Waals surface area contributed by atoms with E-state index in [4.69, 9.17) is 10.9 Å². The summed E-state index contributed by atoms with van der Waals surface area (Å²) in [6, 6.07) is 4.22. The highest BCUT2D eigenvalue weighted by atomic mass is 32.2. The third-order valence-corrected chi connectivity index (χ3v) is 5.98. The molecule has 2 aromatic rings. The molecule has 0 bridgehead atoms. The van der Waals surface area contributed by atoms with Crippen molar-refractivity contribution in [1.82, 2.24) is 13.1 Å². The number of rotatable bonds is 3. The number of aromatic nitrogens is 2. The summed E-state index contributed by atoms with van der Waals surface area (Å²) in [6.07, 6.45) is 1.19. The van der Waals surface area contributed by atoms with Crippen LogP contribution in [0.3, 0.4) is 0 Å². The molecule has 10 heteroatoms. The molecule has 0 spiro atoms. The lowest BCUT2D eigenvalue weighted by Gasteiger charge is -2.22. The summed E-state index contributed by atoms with van der Waals surface area (Å²) in [7, 11) is -3.77. The highest BCUT2D eigenvalue weighted by Gasteiger charge is 2.38. The Balaban J connectivity index is 2.10. The lowest BCUT2D eigenvalue weighted by Crippen LogP contribution is -2.43. The predicted octanol–water partition coefficient (Wildman–Crippen LogP) is 0.591. The van der Waals surface area contributed by atoms with Crippen LogP contribution in [0.4, 0.5) is 0 Å². The maximum atomic E-state index is 12.8. The number of hydrogen-bond donors (Lipinski definition) is 2. The van der Waals surface area contributed by atoms with Gasteiger partial charge in [-0.1, -0.05) is 11.2 Å². The molecule has 1 aromatic carbocycles. The van der Waals surface area contributed by atoms with Crippen molar-refractivity contribution in [2.45, 2.75) is 23.8 Å². The van der Waals surface area contributed by atoms with Crippen molar-refractivity contribution in [1.29, 1.82) is 0 Å². The maximum absolute atomic E-state index is 12.8. The second-order valence-electron chi connectivity index (χ2n) is 4.69. The van der Waals surface area contributed by atoms with E-state index in [-0.39, 0.29) is 10.7 Å². The first-order valence-corrected chi connectivity index (χ1v) is 8.43. The molecule has 8 nitrogen and oxygen atoms in total. The number of fused-ring (bicyclic) bond motifs is 1. The van der Waals surface area contributed by atoms with Gasteiger partial charge in [0, 0.05) is 6.54 Å². The zero-order valence-corrected chi connectivity index (χ0v) is 12.5. The highest BCUT2D eigenvalue weighted by Crippen LogP contribution is 2.29. The van der Waals surface area contributed by atoms with Gasteiger partial charge in [0.2, 0.25) is 10.0 Å². The van der Waals surface area contributed by atoms with Gasteiger partial charge in [0.25, 0.3) is 0 Å². The Morgan fingerprint density at radius 2 is 2.29 bits per heavy atom. The molecule has 21 heavy (non-hydrogen) atoms. The van der Waals surface area contributed by atoms with E-state index in [1.807, 2.05) is 0 Å². The van der Waals surface area contributed by atoms with E-state index in [2.05, 4.69) is 13.9 Å². The Labute approximate surface area is 125 Å². The van der Waals surface area contributed by atoms with Crippen LogP contribution < -0.4 is 5.73 Å². The van der Waals surface area contributed by atoms with Crippen molar-refractivity contribution in [3.05, 3.63) is 18.2 Å². The normalized spacial score (nSPS) is 21.1. The van der Waals surface area contributed by atoms with E-state index in [1.54, 1.807) is 12.1 Å². The molecule has 3 N–H and O–H groups in total. The summed E-state index contributed by atoms with van der Waals surface area (Å²) >= 11 is 0.966. The molecule has 1 atom stereocenters. The first-order chi connectivity index (χ1) is 10.1. The minimum Gasteiger partial charge on any atom is -0.409 e. The van der Waals surface area contributed by atoms with Crippen molar-refractivity contribution in [3.63, 3.8) is 0 Å². The molecule has 3 rings (SSSR count). The molecule has 0 saturated carbocycles. The van der Waals surface area contributed by atoms with Crippen LogP contribution in [-0.2, 0) is 10.0 Å². The Hall–Kier alpha value is -1.78. The maximum Gasteiger partial charge on any atom is 0.246 e. The van der Waals surface area contributed by atoms with E-state index in [0.29, 0.717) is 30.4 Å². The van der Waals surface area contributed by atoms with Crippen LogP contribution in [0.1, 0.15) is 12.8 Å². The van der Waals surface area contributed by atoms with Gasteiger partial charge < -0.3 is 10.9 Å². The summed E-state index contributed by atoms with van der Waals surface area (Å²) in [5.41, 5.74) is 6.50. The second-order valence-corrected chi connectivity index (χ2v) is 7.07. The van der Waals surface area contributed by atoms with Gasteiger partial charge in [0.15, 0.2) is 5.84 Å². The minimum atomic E-state index is -3.77. The van der Waals surface area contributed by atoms with E-state index >= 15 is 0 Å². The van der Waals surface area contributed by atoms with Crippen molar-refractivity contribution in [3.8, 4) is 0 Å². The second kappa shape index (κ2) is 5.20. The van der Waals surface area contributed by atoms with E-state index in [9.17, 15) is 8.42 Å². The molecule has 1 aromatic heterocycles. The van der Waals surface area contributed by atoms with Gasteiger partial charge in [-0.15, -0.1) is 0 Å². The van der Waals surface area contributed by atoms with Gasteiger partial charge in [-0.3, -0.25) is 0 Å². The van der Waals surface area contributed by atoms with Gasteiger partial charge in [0.1, 0.15) is 15.9 Å². The van der Waals surface area contributed by atoms with Gasteiger partial charge in [-0.05, 0) is 25.0 Å². The molecule has 0 aliphatic carbocycles. The quantitative estimate of drug-likeness (QED) is 0.368. The number of oxime groups is 1. The summed E-state index contributed by atoms with van der Waals surface area (Å²) < 4.78 is 35.1. The number of amidine groups is 1. The Kier molecular flexibility index (Phi) is 3.51. The zero-order valence-electron chi connectivity index (χ0n) is 10.9. The molecule has 1 saturated heterocycles. The molecule has 1 unspecified atom stereocenters. The van der Waals surface area contributed by atoms with Gasteiger partial charge in [-0.25, -0.2) is 8.42 Å².